The number of likely N-dealkylation sites (tertiary alicyclic amines) is 1. The molecule has 2 amide bonds. The van der Waals surface area contributed by atoms with Crippen molar-refractivity contribution in [2.45, 2.75) is 26.7 Å². The summed E-state index contributed by atoms with van der Waals surface area (Å²) < 4.78 is 11.1. The molecule has 2 aromatic rings. The minimum atomic E-state index is -0.0627. The third kappa shape index (κ3) is 5.35. The second kappa shape index (κ2) is 9.39. The van der Waals surface area contributed by atoms with Gasteiger partial charge in [0.1, 0.15) is 13.2 Å². The highest BCUT2D eigenvalue weighted by Gasteiger charge is 2.26. The highest BCUT2D eigenvalue weighted by Crippen LogP contribution is 2.33. The number of aryl methyl sites for hydroxylation is 2. The van der Waals surface area contributed by atoms with Crippen molar-refractivity contribution < 1.29 is 19.1 Å². The Morgan fingerprint density at radius 2 is 1.58 bits per heavy atom. The topological polar surface area (TPSA) is 79.9 Å². The van der Waals surface area contributed by atoms with Gasteiger partial charge in [-0.2, -0.15) is 0 Å². The zero-order chi connectivity index (χ0) is 21.8. The normalized spacial score (nSPS) is 16.6. The predicted octanol–water partition coefficient (Wildman–Crippen LogP) is 3.36. The number of amides is 2. The molecule has 2 aliphatic heterocycles. The Balaban J connectivity index is 1.24. The summed E-state index contributed by atoms with van der Waals surface area (Å²) in [7, 11) is 0. The van der Waals surface area contributed by atoms with Crippen molar-refractivity contribution in [3.63, 3.8) is 0 Å². The molecule has 0 aromatic heterocycles. The van der Waals surface area contributed by atoms with E-state index in [-0.39, 0.29) is 17.7 Å². The maximum Gasteiger partial charge on any atom is 0.238 e. The number of carbonyl (C=O) groups is 2. The molecule has 0 spiro atoms. The van der Waals surface area contributed by atoms with Crippen LogP contribution in [0.3, 0.4) is 0 Å². The SMILES string of the molecule is Cc1ccc(NC(=O)CN2CCC(C(=O)Nc3ccc4c(c3)OCCO4)CC2)cc1C. The summed E-state index contributed by atoms with van der Waals surface area (Å²) in [4.78, 5) is 27.2. The fourth-order valence-electron chi connectivity index (χ4n) is 3.94. The molecule has 2 aliphatic rings. The molecule has 1 saturated heterocycles. The lowest BCUT2D eigenvalue weighted by Crippen LogP contribution is -2.41. The smallest absolute Gasteiger partial charge is 0.238 e. The van der Waals surface area contributed by atoms with E-state index in [0.29, 0.717) is 36.9 Å². The highest BCUT2D eigenvalue weighted by molar-refractivity contribution is 5.93. The lowest BCUT2D eigenvalue weighted by Gasteiger charge is -2.30. The summed E-state index contributed by atoms with van der Waals surface area (Å²) in [5.41, 5.74) is 3.89. The van der Waals surface area contributed by atoms with Crippen LogP contribution in [-0.2, 0) is 9.59 Å². The van der Waals surface area contributed by atoms with Crippen LogP contribution in [0.4, 0.5) is 11.4 Å². The predicted molar refractivity (Wildman–Crippen MR) is 120 cm³/mol. The molecular formula is C24H29N3O4. The van der Waals surface area contributed by atoms with Crippen LogP contribution in [0.2, 0.25) is 0 Å². The third-order valence-corrected chi connectivity index (χ3v) is 5.93. The third-order valence-electron chi connectivity index (χ3n) is 5.93. The van der Waals surface area contributed by atoms with Crippen LogP contribution in [0.1, 0.15) is 24.0 Å². The van der Waals surface area contributed by atoms with Gasteiger partial charge in [-0.15, -0.1) is 0 Å². The lowest BCUT2D eigenvalue weighted by atomic mass is 9.95. The summed E-state index contributed by atoms with van der Waals surface area (Å²) in [6, 6.07) is 11.4. The second-order valence-corrected chi connectivity index (χ2v) is 8.25. The Bertz CT molecular complexity index is 967. The van der Waals surface area contributed by atoms with Crippen LogP contribution in [0.5, 0.6) is 11.5 Å². The quantitative estimate of drug-likeness (QED) is 0.771. The van der Waals surface area contributed by atoms with Crippen molar-refractivity contribution in [1.29, 1.82) is 0 Å². The molecule has 7 heteroatoms. The van der Waals surface area contributed by atoms with Gasteiger partial charge in [0.05, 0.1) is 6.54 Å². The molecule has 0 radical (unpaired) electrons. The molecule has 0 unspecified atom stereocenters. The summed E-state index contributed by atoms with van der Waals surface area (Å²) >= 11 is 0. The molecule has 2 N–H and O–H groups in total. The fourth-order valence-corrected chi connectivity index (χ4v) is 3.94. The number of fused-ring (bicyclic) bond motifs is 1. The Morgan fingerprint density at radius 3 is 2.32 bits per heavy atom. The van der Waals surface area contributed by atoms with E-state index in [4.69, 9.17) is 9.47 Å². The fraction of sp³-hybridized carbons (Fsp3) is 0.417. The van der Waals surface area contributed by atoms with Crippen molar-refractivity contribution in [2.24, 2.45) is 5.92 Å². The molecule has 164 valence electrons. The summed E-state index contributed by atoms with van der Waals surface area (Å²) in [6.45, 7) is 6.92. The standard InChI is InChI=1S/C24H29N3O4/c1-16-3-4-19(13-17(16)2)25-23(28)15-27-9-7-18(8-10-27)24(29)26-20-5-6-21-22(14-20)31-12-11-30-21/h3-6,13-14,18H,7-12,15H2,1-2H3,(H,25,28)(H,26,29). The van der Waals surface area contributed by atoms with Crippen LogP contribution in [-0.4, -0.2) is 49.6 Å². The molecular weight excluding hydrogens is 394 g/mol. The van der Waals surface area contributed by atoms with Gasteiger partial charge in [0.25, 0.3) is 0 Å². The van der Waals surface area contributed by atoms with Gasteiger partial charge in [-0.3, -0.25) is 14.5 Å². The maximum absolute atomic E-state index is 12.7. The van der Waals surface area contributed by atoms with Gasteiger partial charge in [-0.1, -0.05) is 6.07 Å². The summed E-state index contributed by atoms with van der Waals surface area (Å²) in [5.74, 6) is 1.29. The first-order valence-corrected chi connectivity index (χ1v) is 10.8. The lowest BCUT2D eigenvalue weighted by molar-refractivity contribution is -0.121. The zero-order valence-electron chi connectivity index (χ0n) is 18.1. The Labute approximate surface area is 182 Å². The van der Waals surface area contributed by atoms with Gasteiger partial charge >= 0.3 is 0 Å². The Morgan fingerprint density at radius 1 is 0.903 bits per heavy atom. The van der Waals surface area contributed by atoms with Crippen LogP contribution in [0, 0.1) is 19.8 Å². The molecule has 4 rings (SSSR count). The number of nitrogens with one attached hydrogen (secondary N) is 2. The minimum absolute atomic E-state index is 0.0101. The number of nitrogens with zero attached hydrogens (tertiary/aromatic N) is 1. The van der Waals surface area contributed by atoms with Crippen molar-refractivity contribution in [2.75, 3.05) is 43.5 Å². The summed E-state index contributed by atoms with van der Waals surface area (Å²) in [5, 5.41) is 5.95. The average molecular weight is 424 g/mol. The Kier molecular flexibility index (Phi) is 6.42. The van der Waals surface area contributed by atoms with E-state index in [1.807, 2.05) is 37.3 Å². The van der Waals surface area contributed by atoms with E-state index in [9.17, 15) is 9.59 Å². The van der Waals surface area contributed by atoms with Crippen LogP contribution >= 0.6 is 0 Å². The number of benzene rings is 2. The number of hydrogen-bond donors (Lipinski definition) is 2. The van der Waals surface area contributed by atoms with Crippen molar-refractivity contribution in [3.8, 4) is 11.5 Å². The first-order chi connectivity index (χ1) is 15.0. The van der Waals surface area contributed by atoms with Gasteiger partial charge in [0.15, 0.2) is 11.5 Å². The van der Waals surface area contributed by atoms with Crippen LogP contribution in [0.15, 0.2) is 36.4 Å². The molecule has 7 nitrogen and oxygen atoms in total. The van der Waals surface area contributed by atoms with E-state index < -0.39 is 0 Å². The zero-order valence-corrected chi connectivity index (χ0v) is 18.1. The van der Waals surface area contributed by atoms with E-state index in [0.717, 1.165) is 37.2 Å². The first kappa shape index (κ1) is 21.2. The van der Waals surface area contributed by atoms with Crippen molar-refractivity contribution in [1.82, 2.24) is 4.90 Å². The second-order valence-electron chi connectivity index (χ2n) is 8.25. The van der Waals surface area contributed by atoms with E-state index in [2.05, 4.69) is 22.5 Å². The van der Waals surface area contributed by atoms with Gasteiger partial charge in [0, 0.05) is 23.4 Å². The highest BCUT2D eigenvalue weighted by atomic mass is 16.6. The number of piperidine rings is 1. The Hall–Kier alpha value is -3.06. The van der Waals surface area contributed by atoms with E-state index >= 15 is 0 Å². The number of hydrogen-bond acceptors (Lipinski definition) is 5. The van der Waals surface area contributed by atoms with E-state index in [1.54, 1.807) is 6.07 Å². The molecule has 2 heterocycles. The monoisotopic (exact) mass is 423 g/mol. The average Bonchev–Trinajstić information content (AvgIpc) is 2.76. The van der Waals surface area contributed by atoms with E-state index in [1.165, 1.54) is 5.56 Å². The largest absolute Gasteiger partial charge is 0.486 e. The number of rotatable bonds is 5. The number of ether oxygens (including phenoxy) is 2. The molecule has 1 fully saturated rings. The summed E-state index contributed by atoms with van der Waals surface area (Å²) in [6.07, 6.45) is 1.46. The van der Waals surface area contributed by atoms with Gasteiger partial charge in [-0.25, -0.2) is 0 Å². The maximum atomic E-state index is 12.7. The van der Waals surface area contributed by atoms with Gasteiger partial charge < -0.3 is 20.1 Å². The van der Waals surface area contributed by atoms with Crippen molar-refractivity contribution >= 4 is 23.2 Å². The molecule has 0 atom stereocenters. The molecule has 2 aromatic carbocycles. The van der Waals surface area contributed by atoms with Gasteiger partial charge in [-0.05, 0) is 75.2 Å². The van der Waals surface area contributed by atoms with Crippen LogP contribution < -0.4 is 20.1 Å². The van der Waals surface area contributed by atoms with Crippen molar-refractivity contribution in [3.05, 3.63) is 47.5 Å². The number of carbonyl (C=O) groups excluding carboxylic acids is 2. The van der Waals surface area contributed by atoms with Gasteiger partial charge in [0.2, 0.25) is 11.8 Å². The number of anilines is 2. The first-order valence-electron chi connectivity index (χ1n) is 10.8. The van der Waals surface area contributed by atoms with Crippen LogP contribution in [0.25, 0.3) is 0 Å². The molecule has 0 saturated carbocycles. The molecule has 0 bridgehead atoms. The molecule has 0 aliphatic carbocycles. The molecule has 31 heavy (non-hydrogen) atoms. The minimum Gasteiger partial charge on any atom is -0.486 e.